The van der Waals surface area contributed by atoms with Gasteiger partial charge in [0.2, 0.25) is 0 Å². The summed E-state index contributed by atoms with van der Waals surface area (Å²) >= 11 is 0. The molecule has 0 amide bonds. The Morgan fingerprint density at radius 1 is 1.48 bits per heavy atom. The highest BCUT2D eigenvalue weighted by molar-refractivity contribution is 7.89. The van der Waals surface area contributed by atoms with E-state index in [1.807, 2.05) is 0 Å². The van der Waals surface area contributed by atoms with Crippen LogP contribution >= 0.6 is 0 Å². The van der Waals surface area contributed by atoms with E-state index in [2.05, 4.69) is 5.10 Å². The summed E-state index contributed by atoms with van der Waals surface area (Å²) < 4.78 is 27.9. The van der Waals surface area contributed by atoms with Crippen molar-refractivity contribution in [1.29, 1.82) is 0 Å². The number of aryl methyl sites for hydroxylation is 2. The minimum atomic E-state index is -3.48. The first kappa shape index (κ1) is 14.5. The lowest BCUT2D eigenvalue weighted by atomic mass is 9.58. The fraction of sp³-hybridized carbons (Fsp3) is 0.692. The molecule has 116 valence electrons. The SMILES string of the molecule is Cc1cc(S(=O)(=O)N2CC3(CC(CC(=O)O)C3)C2)n(C)n1. The Morgan fingerprint density at radius 2 is 2.10 bits per heavy atom. The summed E-state index contributed by atoms with van der Waals surface area (Å²) in [7, 11) is -1.86. The van der Waals surface area contributed by atoms with Gasteiger partial charge in [-0.2, -0.15) is 9.40 Å². The van der Waals surface area contributed by atoms with Crippen LogP contribution in [0.15, 0.2) is 11.1 Å². The van der Waals surface area contributed by atoms with Gasteiger partial charge in [-0.1, -0.05) is 0 Å². The largest absolute Gasteiger partial charge is 0.481 e. The lowest BCUT2D eigenvalue weighted by Gasteiger charge is -2.58. The molecular formula is C13H19N3O4S. The molecule has 1 spiro atoms. The predicted octanol–water partition coefficient (Wildman–Crippen LogP) is 0.604. The van der Waals surface area contributed by atoms with Crippen molar-refractivity contribution in [3.8, 4) is 0 Å². The van der Waals surface area contributed by atoms with Gasteiger partial charge in [-0.3, -0.25) is 9.48 Å². The fourth-order valence-corrected chi connectivity index (χ4v) is 5.49. The standard InChI is InChI=1S/C13H19N3O4S/c1-9-3-11(15(2)14-9)21(19,20)16-7-13(8-16)5-10(6-13)4-12(17)18/h3,10H,4-8H2,1-2H3,(H,17,18). The number of carbonyl (C=O) groups is 1. The maximum Gasteiger partial charge on any atom is 0.303 e. The zero-order chi connectivity index (χ0) is 15.4. The summed E-state index contributed by atoms with van der Waals surface area (Å²) in [6.07, 6.45) is 1.82. The van der Waals surface area contributed by atoms with Crippen molar-refractivity contribution in [2.75, 3.05) is 13.1 Å². The first-order chi connectivity index (χ1) is 9.72. The van der Waals surface area contributed by atoms with Gasteiger partial charge in [0.25, 0.3) is 10.0 Å². The quantitative estimate of drug-likeness (QED) is 0.879. The molecule has 3 rings (SSSR count). The zero-order valence-corrected chi connectivity index (χ0v) is 12.9. The molecule has 1 aromatic heterocycles. The van der Waals surface area contributed by atoms with Crippen molar-refractivity contribution in [1.82, 2.24) is 14.1 Å². The number of hydrogen-bond donors (Lipinski definition) is 1. The third-order valence-electron chi connectivity index (χ3n) is 4.49. The fourth-order valence-electron chi connectivity index (χ4n) is 3.65. The molecule has 7 nitrogen and oxygen atoms in total. The van der Waals surface area contributed by atoms with E-state index >= 15 is 0 Å². The van der Waals surface area contributed by atoms with Crippen LogP contribution in [0.2, 0.25) is 0 Å². The summed E-state index contributed by atoms with van der Waals surface area (Å²) in [6, 6.07) is 1.58. The smallest absolute Gasteiger partial charge is 0.303 e. The summed E-state index contributed by atoms with van der Waals surface area (Å²) in [5, 5.41) is 13.1. The van der Waals surface area contributed by atoms with Crippen molar-refractivity contribution < 1.29 is 18.3 Å². The van der Waals surface area contributed by atoms with E-state index in [0.29, 0.717) is 18.8 Å². The molecule has 1 saturated heterocycles. The Balaban J connectivity index is 1.64. The molecule has 2 heterocycles. The van der Waals surface area contributed by atoms with Crippen molar-refractivity contribution in [3.63, 3.8) is 0 Å². The summed E-state index contributed by atoms with van der Waals surface area (Å²) in [5.74, 6) is -0.574. The second kappa shape index (κ2) is 4.54. The summed E-state index contributed by atoms with van der Waals surface area (Å²) in [4.78, 5) is 10.7. The molecule has 0 aromatic carbocycles. The van der Waals surface area contributed by atoms with E-state index in [1.54, 1.807) is 20.0 Å². The van der Waals surface area contributed by atoms with Crippen molar-refractivity contribution in [2.24, 2.45) is 18.4 Å². The number of nitrogens with zero attached hydrogens (tertiary/aromatic N) is 3. The average molecular weight is 313 g/mol. The van der Waals surface area contributed by atoms with Gasteiger partial charge in [-0.05, 0) is 37.2 Å². The Hall–Kier alpha value is -1.41. The second-order valence-corrected chi connectivity index (χ2v) is 8.28. The maximum absolute atomic E-state index is 12.5. The Labute approximate surface area is 123 Å². The van der Waals surface area contributed by atoms with Crippen LogP contribution in [0.25, 0.3) is 0 Å². The molecule has 2 fully saturated rings. The molecule has 2 aliphatic rings. The molecule has 0 bridgehead atoms. The van der Waals surface area contributed by atoms with Gasteiger partial charge in [0.15, 0.2) is 5.03 Å². The van der Waals surface area contributed by atoms with Crippen molar-refractivity contribution >= 4 is 16.0 Å². The van der Waals surface area contributed by atoms with E-state index in [9.17, 15) is 13.2 Å². The number of sulfonamides is 1. The van der Waals surface area contributed by atoms with Crippen LogP contribution < -0.4 is 0 Å². The molecule has 1 N–H and O–H groups in total. The molecule has 0 atom stereocenters. The third kappa shape index (κ3) is 2.36. The molecule has 8 heteroatoms. The Morgan fingerprint density at radius 3 is 2.57 bits per heavy atom. The Kier molecular flexibility index (Phi) is 3.14. The van der Waals surface area contributed by atoms with Crippen LogP contribution in [-0.2, 0) is 21.9 Å². The van der Waals surface area contributed by atoms with Gasteiger partial charge in [0.05, 0.1) is 5.69 Å². The topological polar surface area (TPSA) is 92.5 Å². The molecule has 1 saturated carbocycles. The zero-order valence-electron chi connectivity index (χ0n) is 12.1. The molecule has 0 radical (unpaired) electrons. The van der Waals surface area contributed by atoms with E-state index in [-0.39, 0.29) is 22.8 Å². The first-order valence-electron chi connectivity index (χ1n) is 6.94. The molecule has 1 aliphatic carbocycles. The molecule has 0 unspecified atom stereocenters. The molecular weight excluding hydrogens is 294 g/mol. The highest BCUT2D eigenvalue weighted by Crippen LogP contribution is 2.54. The number of hydrogen-bond acceptors (Lipinski definition) is 4. The van der Waals surface area contributed by atoms with Crippen LogP contribution in [0, 0.1) is 18.3 Å². The van der Waals surface area contributed by atoms with Crippen molar-refractivity contribution in [2.45, 2.75) is 31.2 Å². The van der Waals surface area contributed by atoms with Gasteiger partial charge in [0, 0.05) is 26.6 Å². The molecule has 1 aromatic rings. The van der Waals surface area contributed by atoms with Crippen LogP contribution in [0.4, 0.5) is 0 Å². The van der Waals surface area contributed by atoms with Crippen LogP contribution in [-0.4, -0.2) is 46.7 Å². The lowest BCUT2D eigenvalue weighted by molar-refractivity contribution is -0.142. The number of aliphatic carboxylic acids is 1. The number of carboxylic acid groups (broad SMARTS) is 1. The minimum Gasteiger partial charge on any atom is -0.481 e. The van der Waals surface area contributed by atoms with Gasteiger partial charge in [0.1, 0.15) is 0 Å². The van der Waals surface area contributed by atoms with E-state index in [1.165, 1.54) is 8.99 Å². The van der Waals surface area contributed by atoms with E-state index in [0.717, 1.165) is 12.8 Å². The maximum atomic E-state index is 12.5. The number of carboxylic acids is 1. The Bertz CT molecular complexity index is 680. The second-order valence-electron chi connectivity index (χ2n) is 6.39. The third-order valence-corrected chi connectivity index (χ3v) is 6.34. The monoisotopic (exact) mass is 313 g/mol. The average Bonchev–Trinajstić information content (AvgIpc) is 2.59. The lowest BCUT2D eigenvalue weighted by Crippen LogP contribution is -2.63. The van der Waals surface area contributed by atoms with Gasteiger partial charge in [-0.25, -0.2) is 8.42 Å². The summed E-state index contributed by atoms with van der Waals surface area (Å²) in [6.45, 7) is 2.75. The summed E-state index contributed by atoms with van der Waals surface area (Å²) in [5.41, 5.74) is 0.692. The predicted molar refractivity (Wildman–Crippen MR) is 74.1 cm³/mol. The van der Waals surface area contributed by atoms with Crippen molar-refractivity contribution in [3.05, 3.63) is 11.8 Å². The van der Waals surface area contributed by atoms with E-state index < -0.39 is 16.0 Å². The minimum absolute atomic E-state index is 0.0147. The van der Waals surface area contributed by atoms with Gasteiger partial charge < -0.3 is 5.11 Å². The van der Waals surface area contributed by atoms with E-state index in [4.69, 9.17) is 5.11 Å². The van der Waals surface area contributed by atoms with Gasteiger partial charge in [-0.15, -0.1) is 0 Å². The van der Waals surface area contributed by atoms with Gasteiger partial charge >= 0.3 is 5.97 Å². The van der Waals surface area contributed by atoms with Crippen LogP contribution in [0.3, 0.4) is 0 Å². The van der Waals surface area contributed by atoms with Crippen LogP contribution in [0.5, 0.6) is 0 Å². The van der Waals surface area contributed by atoms with Crippen LogP contribution in [0.1, 0.15) is 25.0 Å². The normalized spacial score (nSPS) is 22.0. The number of rotatable bonds is 4. The first-order valence-corrected chi connectivity index (χ1v) is 8.38. The molecule has 21 heavy (non-hydrogen) atoms. The number of aromatic nitrogens is 2. The molecule has 1 aliphatic heterocycles. The highest BCUT2D eigenvalue weighted by atomic mass is 32.2. The highest BCUT2D eigenvalue weighted by Gasteiger charge is 2.56.